The standard InChI is InChI=1S/C6H11NO2/c1-4-6(8)7(3)9-5-2/h4H,1,5H2,2-3H3. The third-order valence-electron chi connectivity index (χ3n) is 0.808. The SMILES string of the molecule is C=CC(=O)N(C)OCC. The van der Waals surface area contributed by atoms with Crippen molar-refractivity contribution in [3.63, 3.8) is 0 Å². The first kappa shape index (κ1) is 8.17. The van der Waals surface area contributed by atoms with Crippen LogP contribution in [0, 0.1) is 0 Å². The van der Waals surface area contributed by atoms with Gasteiger partial charge in [0.25, 0.3) is 5.91 Å². The fraction of sp³-hybridized carbons (Fsp3) is 0.500. The van der Waals surface area contributed by atoms with Gasteiger partial charge in [-0.2, -0.15) is 0 Å². The second kappa shape index (κ2) is 4.09. The predicted octanol–water partition coefficient (Wildman–Crippen LogP) is 0.582. The van der Waals surface area contributed by atoms with E-state index < -0.39 is 0 Å². The van der Waals surface area contributed by atoms with Crippen molar-refractivity contribution in [1.82, 2.24) is 5.06 Å². The molecule has 0 saturated heterocycles. The van der Waals surface area contributed by atoms with E-state index in [1.807, 2.05) is 6.92 Å². The zero-order valence-electron chi connectivity index (χ0n) is 5.76. The summed E-state index contributed by atoms with van der Waals surface area (Å²) >= 11 is 0. The summed E-state index contributed by atoms with van der Waals surface area (Å²) in [6, 6.07) is 0. The quantitative estimate of drug-likeness (QED) is 0.412. The predicted molar refractivity (Wildman–Crippen MR) is 34.6 cm³/mol. The maximum Gasteiger partial charge on any atom is 0.269 e. The molecule has 0 aromatic rings. The molecular formula is C6H11NO2. The number of rotatable bonds is 3. The van der Waals surface area contributed by atoms with Gasteiger partial charge in [-0.15, -0.1) is 0 Å². The van der Waals surface area contributed by atoms with Crippen LogP contribution >= 0.6 is 0 Å². The van der Waals surface area contributed by atoms with Gasteiger partial charge in [-0.25, -0.2) is 5.06 Å². The van der Waals surface area contributed by atoms with Crippen LogP contribution in [-0.2, 0) is 9.63 Å². The van der Waals surface area contributed by atoms with Gasteiger partial charge in [-0.3, -0.25) is 9.63 Å². The van der Waals surface area contributed by atoms with Crippen molar-refractivity contribution in [3.05, 3.63) is 12.7 Å². The number of hydrogen-bond donors (Lipinski definition) is 0. The molecule has 0 N–H and O–H groups in total. The van der Waals surface area contributed by atoms with Crippen LogP contribution in [0.1, 0.15) is 6.92 Å². The molecule has 3 nitrogen and oxygen atoms in total. The molecule has 0 fully saturated rings. The minimum Gasteiger partial charge on any atom is -0.271 e. The molecule has 0 aromatic carbocycles. The third kappa shape index (κ3) is 2.87. The van der Waals surface area contributed by atoms with E-state index in [0.29, 0.717) is 6.61 Å². The average molecular weight is 129 g/mol. The van der Waals surface area contributed by atoms with Crippen molar-refractivity contribution in [2.45, 2.75) is 6.92 Å². The number of hydroxylamine groups is 2. The van der Waals surface area contributed by atoms with Crippen LogP contribution in [0.15, 0.2) is 12.7 Å². The summed E-state index contributed by atoms with van der Waals surface area (Å²) in [5, 5.41) is 1.15. The van der Waals surface area contributed by atoms with E-state index in [-0.39, 0.29) is 5.91 Å². The van der Waals surface area contributed by atoms with Gasteiger partial charge in [0.1, 0.15) is 0 Å². The second-order valence-electron chi connectivity index (χ2n) is 1.46. The van der Waals surface area contributed by atoms with Gasteiger partial charge in [-0.1, -0.05) is 6.58 Å². The first-order valence-electron chi connectivity index (χ1n) is 2.75. The van der Waals surface area contributed by atoms with Crippen molar-refractivity contribution < 1.29 is 9.63 Å². The second-order valence-corrected chi connectivity index (χ2v) is 1.46. The van der Waals surface area contributed by atoms with E-state index >= 15 is 0 Å². The maximum atomic E-state index is 10.6. The summed E-state index contributed by atoms with van der Waals surface area (Å²) in [6.45, 7) is 5.60. The number of carbonyl (C=O) groups excluding carboxylic acids is 1. The average Bonchev–Trinajstić information content (AvgIpc) is 1.87. The molecule has 0 aromatic heterocycles. The van der Waals surface area contributed by atoms with Crippen molar-refractivity contribution in [1.29, 1.82) is 0 Å². The van der Waals surface area contributed by atoms with E-state index in [0.717, 1.165) is 5.06 Å². The Hall–Kier alpha value is -0.830. The number of amides is 1. The lowest BCUT2D eigenvalue weighted by atomic mass is 10.6. The fourth-order valence-corrected chi connectivity index (χ4v) is 0.386. The summed E-state index contributed by atoms with van der Waals surface area (Å²) in [5.74, 6) is -0.225. The number of carbonyl (C=O) groups is 1. The van der Waals surface area contributed by atoms with Crippen LogP contribution < -0.4 is 0 Å². The highest BCUT2D eigenvalue weighted by Gasteiger charge is 2.00. The van der Waals surface area contributed by atoms with Crippen LogP contribution in [0.5, 0.6) is 0 Å². The van der Waals surface area contributed by atoms with Crippen molar-refractivity contribution >= 4 is 5.91 Å². The molecule has 1 amide bonds. The largest absolute Gasteiger partial charge is 0.271 e. The van der Waals surface area contributed by atoms with Gasteiger partial charge >= 0.3 is 0 Å². The zero-order valence-corrected chi connectivity index (χ0v) is 5.76. The van der Waals surface area contributed by atoms with E-state index in [9.17, 15) is 4.79 Å². The Labute approximate surface area is 54.9 Å². The van der Waals surface area contributed by atoms with Crippen LogP contribution in [-0.4, -0.2) is 24.6 Å². The molecule has 0 atom stereocenters. The topological polar surface area (TPSA) is 29.5 Å². The molecule has 3 heteroatoms. The lowest BCUT2D eigenvalue weighted by Crippen LogP contribution is -2.24. The number of hydrogen-bond acceptors (Lipinski definition) is 2. The monoisotopic (exact) mass is 129 g/mol. The zero-order chi connectivity index (χ0) is 7.28. The molecule has 0 spiro atoms. The summed E-state index contributed by atoms with van der Waals surface area (Å²) < 4.78 is 0. The van der Waals surface area contributed by atoms with E-state index in [1.165, 1.54) is 6.08 Å². The fourth-order valence-electron chi connectivity index (χ4n) is 0.386. The summed E-state index contributed by atoms with van der Waals surface area (Å²) in [7, 11) is 1.55. The Morgan fingerprint density at radius 2 is 2.44 bits per heavy atom. The van der Waals surface area contributed by atoms with Crippen molar-refractivity contribution in [2.24, 2.45) is 0 Å². The maximum absolute atomic E-state index is 10.6. The number of likely N-dealkylation sites (N-methyl/N-ethyl adjacent to an activating group) is 1. The molecule has 0 saturated carbocycles. The first-order chi connectivity index (χ1) is 4.22. The molecule has 0 unspecified atom stereocenters. The highest BCUT2D eigenvalue weighted by Crippen LogP contribution is 1.85. The smallest absolute Gasteiger partial charge is 0.269 e. The van der Waals surface area contributed by atoms with Gasteiger partial charge in [0.15, 0.2) is 0 Å². The highest BCUT2D eigenvalue weighted by molar-refractivity contribution is 5.85. The molecular weight excluding hydrogens is 118 g/mol. The minimum atomic E-state index is -0.225. The Kier molecular flexibility index (Phi) is 3.71. The molecule has 0 aliphatic heterocycles. The van der Waals surface area contributed by atoms with Gasteiger partial charge in [0.05, 0.1) is 6.61 Å². The molecule has 52 valence electrons. The minimum absolute atomic E-state index is 0.225. The summed E-state index contributed by atoms with van der Waals surface area (Å²) in [4.78, 5) is 15.4. The Morgan fingerprint density at radius 1 is 1.89 bits per heavy atom. The Morgan fingerprint density at radius 3 is 2.78 bits per heavy atom. The highest BCUT2D eigenvalue weighted by atomic mass is 16.7. The van der Waals surface area contributed by atoms with Crippen molar-refractivity contribution in [3.8, 4) is 0 Å². The Bertz CT molecular complexity index is 112. The van der Waals surface area contributed by atoms with Crippen LogP contribution in [0.4, 0.5) is 0 Å². The lowest BCUT2D eigenvalue weighted by Gasteiger charge is -2.11. The third-order valence-corrected chi connectivity index (χ3v) is 0.808. The molecule has 9 heavy (non-hydrogen) atoms. The molecule has 0 heterocycles. The lowest BCUT2D eigenvalue weighted by molar-refractivity contribution is -0.170. The van der Waals surface area contributed by atoms with E-state index in [2.05, 4.69) is 6.58 Å². The van der Waals surface area contributed by atoms with Crippen LogP contribution in [0.3, 0.4) is 0 Å². The number of nitrogens with zero attached hydrogens (tertiary/aromatic N) is 1. The van der Waals surface area contributed by atoms with E-state index in [4.69, 9.17) is 4.84 Å². The van der Waals surface area contributed by atoms with Gasteiger partial charge in [0.2, 0.25) is 0 Å². The van der Waals surface area contributed by atoms with Gasteiger partial charge in [0, 0.05) is 7.05 Å². The van der Waals surface area contributed by atoms with Gasteiger partial charge < -0.3 is 0 Å². The molecule has 0 aliphatic carbocycles. The molecule has 0 rings (SSSR count). The van der Waals surface area contributed by atoms with Crippen LogP contribution in [0.2, 0.25) is 0 Å². The first-order valence-corrected chi connectivity index (χ1v) is 2.75. The van der Waals surface area contributed by atoms with E-state index in [1.54, 1.807) is 7.05 Å². The normalized spacial score (nSPS) is 8.67. The van der Waals surface area contributed by atoms with Gasteiger partial charge in [-0.05, 0) is 13.0 Å². The molecule has 0 radical (unpaired) electrons. The van der Waals surface area contributed by atoms with Crippen molar-refractivity contribution in [2.75, 3.05) is 13.7 Å². The van der Waals surface area contributed by atoms with Crippen LogP contribution in [0.25, 0.3) is 0 Å². The molecule has 0 bridgehead atoms. The summed E-state index contributed by atoms with van der Waals surface area (Å²) in [5.41, 5.74) is 0. The Balaban J connectivity index is 3.58. The molecule has 0 aliphatic rings. The summed E-state index contributed by atoms with van der Waals surface area (Å²) in [6.07, 6.45) is 1.20.